The monoisotopic (exact) mass is 402 g/mol. The molecule has 0 atom stereocenters. The van der Waals surface area contributed by atoms with Gasteiger partial charge in [0.15, 0.2) is 5.11 Å². The van der Waals surface area contributed by atoms with E-state index in [0.29, 0.717) is 35.1 Å². The highest BCUT2D eigenvalue weighted by Crippen LogP contribution is 2.23. The average molecular weight is 403 g/mol. The Hall–Kier alpha value is -2.47. The van der Waals surface area contributed by atoms with Crippen LogP contribution in [0.5, 0.6) is 0 Å². The number of hydrogen-bond acceptors (Lipinski definition) is 4. The molecule has 0 bridgehead atoms. The van der Waals surface area contributed by atoms with Crippen molar-refractivity contribution in [3.05, 3.63) is 53.6 Å². The lowest BCUT2D eigenvalue weighted by Crippen LogP contribution is -2.30. The maximum absolute atomic E-state index is 12.7. The number of nitriles is 1. The van der Waals surface area contributed by atoms with Gasteiger partial charge in [0.05, 0.1) is 16.5 Å². The first kappa shape index (κ1) is 20.8. The summed E-state index contributed by atoms with van der Waals surface area (Å²) in [5.41, 5.74) is 2.67. The van der Waals surface area contributed by atoms with Crippen molar-refractivity contribution in [3.63, 3.8) is 0 Å². The van der Waals surface area contributed by atoms with E-state index >= 15 is 0 Å². The summed E-state index contributed by atoms with van der Waals surface area (Å²) in [6, 6.07) is 13.9. The van der Waals surface area contributed by atoms with Gasteiger partial charge in [-0.2, -0.15) is 9.57 Å². The molecule has 27 heavy (non-hydrogen) atoms. The quantitative estimate of drug-likeness (QED) is 0.717. The van der Waals surface area contributed by atoms with Gasteiger partial charge >= 0.3 is 0 Å². The summed E-state index contributed by atoms with van der Waals surface area (Å²) in [4.78, 5) is 0.216. The molecule has 142 valence electrons. The lowest BCUT2D eigenvalue weighted by atomic mass is 10.2. The lowest BCUT2D eigenvalue weighted by molar-refractivity contribution is 0.445. The molecule has 0 fully saturated rings. The molecule has 2 rings (SSSR count). The van der Waals surface area contributed by atoms with Crippen LogP contribution in [0.25, 0.3) is 0 Å². The van der Waals surface area contributed by atoms with E-state index in [-0.39, 0.29) is 4.90 Å². The summed E-state index contributed by atoms with van der Waals surface area (Å²) < 4.78 is 26.9. The molecule has 0 unspecified atom stereocenters. The second kappa shape index (κ2) is 8.95. The summed E-state index contributed by atoms with van der Waals surface area (Å²) in [5.74, 6) is 0. The Morgan fingerprint density at radius 3 is 2.48 bits per heavy atom. The van der Waals surface area contributed by atoms with Crippen LogP contribution in [0.4, 0.5) is 11.4 Å². The Balaban J connectivity index is 2.23. The Morgan fingerprint density at radius 1 is 1.15 bits per heavy atom. The standard InChI is InChI=1S/C19H22N4O2S2/c1-4-23(5-2)27(24,25)17-10-9-14(3)18(12-17)22-19(26)21-16-8-6-7-15(11-16)13-20/h6-12H,4-5H2,1-3H3,(H2,21,22,26). The van der Waals surface area contributed by atoms with Crippen LogP contribution in [0.1, 0.15) is 25.0 Å². The number of benzene rings is 2. The molecule has 2 aromatic carbocycles. The van der Waals surface area contributed by atoms with Crippen molar-refractivity contribution in [2.45, 2.75) is 25.7 Å². The van der Waals surface area contributed by atoms with E-state index in [4.69, 9.17) is 17.5 Å². The molecule has 0 aromatic heterocycles. The van der Waals surface area contributed by atoms with Gasteiger partial charge in [0.2, 0.25) is 10.0 Å². The molecule has 6 nitrogen and oxygen atoms in total. The minimum atomic E-state index is -3.55. The predicted molar refractivity (Wildman–Crippen MR) is 112 cm³/mol. The number of aryl methyl sites for hydroxylation is 1. The Kier molecular flexibility index (Phi) is 6.91. The van der Waals surface area contributed by atoms with Crippen molar-refractivity contribution < 1.29 is 8.42 Å². The largest absolute Gasteiger partial charge is 0.332 e. The maximum Gasteiger partial charge on any atom is 0.243 e. The third kappa shape index (κ3) is 5.04. The number of anilines is 2. The summed E-state index contributed by atoms with van der Waals surface area (Å²) in [6.45, 7) is 6.30. The van der Waals surface area contributed by atoms with Crippen LogP contribution in [0.2, 0.25) is 0 Å². The number of thiocarbonyl (C=S) groups is 1. The normalized spacial score (nSPS) is 11.1. The zero-order valence-electron chi connectivity index (χ0n) is 15.5. The van der Waals surface area contributed by atoms with Gasteiger partial charge in [-0.15, -0.1) is 0 Å². The van der Waals surface area contributed by atoms with Gasteiger partial charge in [-0.3, -0.25) is 0 Å². The number of nitrogens with one attached hydrogen (secondary N) is 2. The van der Waals surface area contributed by atoms with E-state index in [1.807, 2.05) is 20.8 Å². The van der Waals surface area contributed by atoms with E-state index in [1.165, 1.54) is 4.31 Å². The van der Waals surface area contributed by atoms with Crippen LogP contribution in [-0.4, -0.2) is 30.9 Å². The van der Waals surface area contributed by atoms with Gasteiger partial charge in [0.1, 0.15) is 0 Å². The Morgan fingerprint density at radius 2 is 1.85 bits per heavy atom. The van der Waals surface area contributed by atoms with Crippen molar-refractivity contribution >= 4 is 38.7 Å². The van der Waals surface area contributed by atoms with Crippen LogP contribution >= 0.6 is 12.2 Å². The highest BCUT2D eigenvalue weighted by Gasteiger charge is 2.22. The van der Waals surface area contributed by atoms with Gasteiger partial charge in [-0.25, -0.2) is 8.42 Å². The summed E-state index contributed by atoms with van der Waals surface area (Å²) in [6.07, 6.45) is 0. The van der Waals surface area contributed by atoms with Crippen molar-refractivity contribution in [1.82, 2.24) is 4.31 Å². The molecule has 0 heterocycles. The molecular formula is C19H22N4O2S2. The number of sulfonamides is 1. The molecule has 0 aliphatic carbocycles. The van der Waals surface area contributed by atoms with Gasteiger partial charge < -0.3 is 10.6 Å². The van der Waals surface area contributed by atoms with Crippen LogP contribution < -0.4 is 10.6 Å². The van der Waals surface area contributed by atoms with Crippen molar-refractivity contribution in [2.24, 2.45) is 0 Å². The van der Waals surface area contributed by atoms with Gasteiger partial charge in [0.25, 0.3) is 0 Å². The Bertz CT molecular complexity index is 977. The van der Waals surface area contributed by atoms with Gasteiger partial charge in [0, 0.05) is 24.5 Å². The smallest absolute Gasteiger partial charge is 0.243 e. The Labute approximate surface area is 165 Å². The number of hydrogen-bond donors (Lipinski definition) is 2. The third-order valence-electron chi connectivity index (χ3n) is 4.05. The van der Waals surface area contributed by atoms with E-state index < -0.39 is 10.0 Å². The summed E-state index contributed by atoms with van der Waals surface area (Å²) in [5, 5.41) is 15.3. The summed E-state index contributed by atoms with van der Waals surface area (Å²) in [7, 11) is -3.55. The van der Waals surface area contributed by atoms with Crippen molar-refractivity contribution in [1.29, 1.82) is 5.26 Å². The average Bonchev–Trinajstić information content (AvgIpc) is 2.64. The second-order valence-electron chi connectivity index (χ2n) is 5.84. The first-order chi connectivity index (χ1) is 12.8. The molecule has 0 saturated heterocycles. The molecule has 0 spiro atoms. The maximum atomic E-state index is 12.7. The van der Waals surface area contributed by atoms with E-state index in [0.717, 1.165) is 5.56 Å². The molecule has 0 aliphatic rings. The summed E-state index contributed by atoms with van der Waals surface area (Å²) >= 11 is 5.33. The minimum absolute atomic E-state index is 0.216. The first-order valence-electron chi connectivity index (χ1n) is 8.50. The topological polar surface area (TPSA) is 85.2 Å². The first-order valence-corrected chi connectivity index (χ1v) is 10.4. The molecule has 0 amide bonds. The number of nitrogens with zero attached hydrogens (tertiary/aromatic N) is 2. The van der Waals surface area contributed by atoms with Gasteiger partial charge in [-0.05, 0) is 55.0 Å². The molecular weight excluding hydrogens is 380 g/mol. The third-order valence-corrected chi connectivity index (χ3v) is 6.30. The SMILES string of the molecule is CCN(CC)S(=O)(=O)c1ccc(C)c(NC(=S)Nc2cccc(C#N)c2)c1. The molecule has 0 aliphatic heterocycles. The molecule has 0 saturated carbocycles. The highest BCUT2D eigenvalue weighted by molar-refractivity contribution is 7.89. The fourth-order valence-corrected chi connectivity index (χ4v) is 4.27. The predicted octanol–water partition coefficient (Wildman–Crippen LogP) is 3.71. The molecule has 2 N–H and O–H groups in total. The van der Waals surface area contributed by atoms with E-state index in [1.54, 1.807) is 42.5 Å². The lowest BCUT2D eigenvalue weighted by Gasteiger charge is -2.20. The fourth-order valence-electron chi connectivity index (χ4n) is 2.56. The zero-order valence-corrected chi connectivity index (χ0v) is 17.1. The van der Waals surface area contributed by atoms with Crippen molar-refractivity contribution in [3.8, 4) is 6.07 Å². The van der Waals surface area contributed by atoms with E-state index in [2.05, 4.69) is 16.7 Å². The van der Waals surface area contributed by atoms with Gasteiger partial charge in [-0.1, -0.05) is 26.0 Å². The molecule has 8 heteroatoms. The zero-order chi connectivity index (χ0) is 20.0. The minimum Gasteiger partial charge on any atom is -0.332 e. The second-order valence-corrected chi connectivity index (χ2v) is 8.18. The highest BCUT2D eigenvalue weighted by atomic mass is 32.2. The van der Waals surface area contributed by atoms with Crippen LogP contribution in [0.3, 0.4) is 0 Å². The van der Waals surface area contributed by atoms with Crippen LogP contribution in [0.15, 0.2) is 47.4 Å². The molecule has 0 radical (unpaired) electrons. The van der Waals surface area contributed by atoms with E-state index in [9.17, 15) is 8.42 Å². The number of rotatable bonds is 6. The fraction of sp³-hybridized carbons (Fsp3) is 0.263. The van der Waals surface area contributed by atoms with Crippen molar-refractivity contribution in [2.75, 3.05) is 23.7 Å². The van der Waals surface area contributed by atoms with Crippen LogP contribution in [0, 0.1) is 18.3 Å². The van der Waals surface area contributed by atoms with Crippen LogP contribution in [-0.2, 0) is 10.0 Å². The molecule has 2 aromatic rings.